The van der Waals surface area contributed by atoms with Gasteiger partial charge in [-0.1, -0.05) is 79.6 Å². The van der Waals surface area contributed by atoms with Crippen LogP contribution in [-0.4, -0.2) is 11.2 Å². The summed E-state index contributed by atoms with van der Waals surface area (Å²) in [5.74, 6) is 4.40. The zero-order valence-electron chi connectivity index (χ0n) is 21.1. The molecule has 0 aliphatic carbocycles. The predicted octanol–water partition coefficient (Wildman–Crippen LogP) is 8.62. The third-order valence-corrected chi connectivity index (χ3v) is 7.60. The molecule has 1 heterocycles. The van der Waals surface area contributed by atoms with E-state index in [2.05, 4.69) is 41.5 Å². The van der Waals surface area contributed by atoms with Crippen LogP contribution in [-0.2, 0) is 0 Å². The van der Waals surface area contributed by atoms with Crippen molar-refractivity contribution in [1.29, 1.82) is 0 Å². The number of benzene rings is 1. The molecule has 30 heavy (non-hydrogen) atoms. The fourth-order valence-electron chi connectivity index (χ4n) is 5.22. The molecule has 4 unspecified atom stereocenters. The molecular weight excluding hydrogens is 368 g/mol. The van der Waals surface area contributed by atoms with Gasteiger partial charge >= 0.3 is 0 Å². The molecule has 2 rings (SSSR count). The molecule has 2 heteroatoms. The Kier molecular flexibility index (Phi) is 9.57. The van der Waals surface area contributed by atoms with Crippen LogP contribution in [0, 0.1) is 38.5 Å². The van der Waals surface area contributed by atoms with E-state index in [1.165, 1.54) is 56.9 Å². The van der Waals surface area contributed by atoms with Gasteiger partial charge < -0.3 is 9.84 Å². The standard InChI is InChI=1S/C28H48O2/c1-18(2)12-9-13-19(3)14-10-15-20(4)16-11-17-25-23(7)26-24(8)27(29)21(5)22(6)28(26)30-25/h18-20,23,25,29H,9-17H2,1-8H3. The second-order valence-corrected chi connectivity index (χ2v) is 10.8. The van der Waals surface area contributed by atoms with Crippen LogP contribution in [0.15, 0.2) is 0 Å². The van der Waals surface area contributed by atoms with E-state index >= 15 is 0 Å². The second-order valence-electron chi connectivity index (χ2n) is 10.8. The molecule has 2 nitrogen and oxygen atoms in total. The third kappa shape index (κ3) is 6.41. The first-order valence-electron chi connectivity index (χ1n) is 12.6. The number of rotatable bonds is 12. The molecule has 0 aromatic heterocycles. The van der Waals surface area contributed by atoms with Gasteiger partial charge in [0.2, 0.25) is 0 Å². The maximum absolute atomic E-state index is 10.4. The minimum Gasteiger partial charge on any atom is -0.507 e. The summed E-state index contributed by atoms with van der Waals surface area (Å²) in [5.41, 5.74) is 4.32. The molecule has 0 amide bonds. The van der Waals surface area contributed by atoms with Crippen molar-refractivity contribution in [3.8, 4) is 11.5 Å². The molecule has 1 N–H and O–H groups in total. The average Bonchev–Trinajstić information content (AvgIpc) is 3.01. The van der Waals surface area contributed by atoms with Gasteiger partial charge in [-0.2, -0.15) is 0 Å². The maximum atomic E-state index is 10.4. The fraction of sp³-hybridized carbons (Fsp3) is 0.786. The van der Waals surface area contributed by atoms with Gasteiger partial charge in [-0.25, -0.2) is 0 Å². The summed E-state index contributed by atoms with van der Waals surface area (Å²) in [4.78, 5) is 0. The largest absolute Gasteiger partial charge is 0.507 e. The van der Waals surface area contributed by atoms with E-state index in [0.717, 1.165) is 46.6 Å². The molecular formula is C28H48O2. The quantitative estimate of drug-likeness (QED) is 0.369. The molecule has 0 saturated carbocycles. The summed E-state index contributed by atoms with van der Waals surface area (Å²) in [6, 6.07) is 0. The van der Waals surface area contributed by atoms with Crippen LogP contribution in [0.2, 0.25) is 0 Å². The first kappa shape index (κ1) is 25.1. The van der Waals surface area contributed by atoms with Crippen LogP contribution in [0.5, 0.6) is 11.5 Å². The Morgan fingerprint density at radius 3 is 1.87 bits per heavy atom. The molecule has 1 aromatic rings. The van der Waals surface area contributed by atoms with Crippen molar-refractivity contribution >= 4 is 0 Å². The van der Waals surface area contributed by atoms with Crippen LogP contribution in [0.4, 0.5) is 0 Å². The van der Waals surface area contributed by atoms with Crippen molar-refractivity contribution in [3.63, 3.8) is 0 Å². The highest BCUT2D eigenvalue weighted by molar-refractivity contribution is 5.60. The number of hydrogen-bond acceptors (Lipinski definition) is 2. The minimum atomic E-state index is 0.256. The minimum absolute atomic E-state index is 0.256. The van der Waals surface area contributed by atoms with Gasteiger partial charge in [0.15, 0.2) is 0 Å². The van der Waals surface area contributed by atoms with E-state index < -0.39 is 0 Å². The Hall–Kier alpha value is -1.18. The molecule has 0 saturated heterocycles. The lowest BCUT2D eigenvalue weighted by atomic mass is 9.87. The summed E-state index contributed by atoms with van der Waals surface area (Å²) >= 11 is 0. The highest BCUT2D eigenvalue weighted by atomic mass is 16.5. The molecule has 172 valence electrons. The van der Waals surface area contributed by atoms with Crippen LogP contribution in [0.3, 0.4) is 0 Å². The summed E-state index contributed by atoms with van der Waals surface area (Å²) in [6.07, 6.45) is 12.2. The molecule has 0 bridgehead atoms. The Morgan fingerprint density at radius 2 is 1.30 bits per heavy atom. The lowest BCUT2D eigenvalue weighted by Gasteiger charge is -2.18. The second kappa shape index (κ2) is 11.4. The molecule has 4 atom stereocenters. The SMILES string of the molecule is Cc1c(C)c2c(c(C)c1O)C(C)C(CCCC(C)CCCC(C)CCCC(C)C)O2. The highest BCUT2D eigenvalue weighted by Gasteiger charge is 2.35. The smallest absolute Gasteiger partial charge is 0.127 e. The van der Waals surface area contributed by atoms with Gasteiger partial charge in [-0.15, -0.1) is 0 Å². The predicted molar refractivity (Wildman–Crippen MR) is 130 cm³/mol. The first-order chi connectivity index (χ1) is 14.1. The van der Waals surface area contributed by atoms with Crippen molar-refractivity contribution in [2.45, 2.75) is 125 Å². The third-order valence-electron chi connectivity index (χ3n) is 7.60. The Bertz CT molecular complexity index is 676. The maximum Gasteiger partial charge on any atom is 0.127 e. The number of fused-ring (bicyclic) bond motifs is 1. The van der Waals surface area contributed by atoms with Crippen molar-refractivity contribution in [2.75, 3.05) is 0 Å². The van der Waals surface area contributed by atoms with Crippen molar-refractivity contribution in [1.82, 2.24) is 0 Å². The van der Waals surface area contributed by atoms with Gasteiger partial charge in [0, 0.05) is 11.5 Å². The van der Waals surface area contributed by atoms with Gasteiger partial charge in [0.1, 0.15) is 17.6 Å². The van der Waals surface area contributed by atoms with Crippen LogP contribution in [0.1, 0.15) is 121 Å². The van der Waals surface area contributed by atoms with E-state index in [1.54, 1.807) is 0 Å². The molecule has 0 radical (unpaired) electrons. The summed E-state index contributed by atoms with van der Waals surface area (Å²) in [5, 5.41) is 10.4. The average molecular weight is 417 g/mol. The van der Waals surface area contributed by atoms with Gasteiger partial charge in [0.25, 0.3) is 0 Å². The number of ether oxygens (including phenoxy) is 1. The lowest BCUT2D eigenvalue weighted by molar-refractivity contribution is 0.191. The lowest BCUT2D eigenvalue weighted by Crippen LogP contribution is -2.17. The molecule has 1 aliphatic rings. The molecule has 0 fully saturated rings. The van der Waals surface area contributed by atoms with Gasteiger partial charge in [-0.05, 0) is 68.1 Å². The first-order valence-corrected chi connectivity index (χ1v) is 12.6. The van der Waals surface area contributed by atoms with E-state index in [0.29, 0.717) is 11.7 Å². The van der Waals surface area contributed by atoms with E-state index in [9.17, 15) is 5.11 Å². The van der Waals surface area contributed by atoms with Crippen LogP contribution < -0.4 is 4.74 Å². The number of phenolic OH excluding ortho intramolecular Hbond substituents is 1. The van der Waals surface area contributed by atoms with E-state index in [4.69, 9.17) is 4.74 Å². The fourth-order valence-corrected chi connectivity index (χ4v) is 5.22. The summed E-state index contributed by atoms with van der Waals surface area (Å²) < 4.78 is 6.40. The normalized spacial score (nSPS) is 20.3. The Balaban J connectivity index is 1.70. The molecule has 1 aliphatic heterocycles. The summed E-state index contributed by atoms with van der Waals surface area (Å²) in [7, 11) is 0. The van der Waals surface area contributed by atoms with Crippen molar-refractivity contribution in [3.05, 3.63) is 22.3 Å². The van der Waals surface area contributed by atoms with E-state index in [1.807, 2.05) is 13.8 Å². The van der Waals surface area contributed by atoms with Gasteiger partial charge in [-0.3, -0.25) is 0 Å². The number of aromatic hydroxyl groups is 1. The van der Waals surface area contributed by atoms with Crippen LogP contribution >= 0.6 is 0 Å². The molecule has 1 aromatic carbocycles. The monoisotopic (exact) mass is 416 g/mol. The number of phenols is 1. The topological polar surface area (TPSA) is 29.5 Å². The molecule has 0 spiro atoms. The van der Waals surface area contributed by atoms with E-state index in [-0.39, 0.29) is 6.10 Å². The van der Waals surface area contributed by atoms with Crippen LogP contribution in [0.25, 0.3) is 0 Å². The van der Waals surface area contributed by atoms with Gasteiger partial charge in [0.05, 0.1) is 0 Å². The Morgan fingerprint density at radius 1 is 0.767 bits per heavy atom. The Labute approximate surface area is 186 Å². The van der Waals surface area contributed by atoms with Crippen molar-refractivity contribution < 1.29 is 9.84 Å². The zero-order chi connectivity index (χ0) is 22.4. The summed E-state index contributed by atoms with van der Waals surface area (Å²) in [6.45, 7) is 17.9. The number of hydrogen-bond donors (Lipinski definition) is 1. The zero-order valence-corrected chi connectivity index (χ0v) is 21.1. The highest BCUT2D eigenvalue weighted by Crippen LogP contribution is 2.48. The van der Waals surface area contributed by atoms with Crippen molar-refractivity contribution in [2.24, 2.45) is 17.8 Å².